The van der Waals surface area contributed by atoms with Crippen molar-refractivity contribution in [3.05, 3.63) is 63.6 Å². The molecule has 1 aromatic rings. The van der Waals surface area contributed by atoms with Crippen molar-refractivity contribution in [2.24, 2.45) is 5.92 Å². The molecule has 2 aliphatic carbocycles. The van der Waals surface area contributed by atoms with E-state index >= 15 is 0 Å². The third kappa shape index (κ3) is 3.71. The normalized spacial score (nSPS) is 16.6. The summed E-state index contributed by atoms with van der Waals surface area (Å²) in [5, 5.41) is 27.8. The summed E-state index contributed by atoms with van der Waals surface area (Å²) in [6.07, 6.45) is -0.336. The monoisotopic (exact) mass is 582 g/mol. The number of aliphatic carboxylic acids is 2. The SMILES string of the molecule is O=C(O)C1=C(Cl)C(C(=O)O)CC(Cl)=C1c1c2cc(Cl)c(=O)c(Cl)c-2oc2c(Cl)c(O)c(Cl)cc12. The average Bonchev–Trinajstić information content (AvgIpc) is 2.76. The number of carboxylic acid groups (broad SMARTS) is 2. The van der Waals surface area contributed by atoms with Gasteiger partial charge in [-0.25, -0.2) is 4.79 Å². The van der Waals surface area contributed by atoms with Crippen LogP contribution in [0.1, 0.15) is 12.0 Å². The summed E-state index contributed by atoms with van der Waals surface area (Å²) in [5.41, 5.74) is -1.70. The number of carboxylic acids is 2. The minimum absolute atomic E-state index is 0.00763. The van der Waals surface area contributed by atoms with Gasteiger partial charge in [-0.2, -0.15) is 0 Å². The fraction of sp³-hybridized carbons (Fsp3) is 0.0952. The van der Waals surface area contributed by atoms with Gasteiger partial charge in [0.15, 0.2) is 17.1 Å². The van der Waals surface area contributed by atoms with Gasteiger partial charge in [-0.3, -0.25) is 9.59 Å². The number of phenols is 1. The lowest BCUT2D eigenvalue weighted by molar-refractivity contribution is -0.140. The number of fused-ring (bicyclic) bond motifs is 2. The number of halogens is 6. The molecule has 0 aromatic heterocycles. The van der Waals surface area contributed by atoms with Crippen molar-refractivity contribution in [1.82, 2.24) is 0 Å². The van der Waals surface area contributed by atoms with E-state index in [1.807, 2.05) is 0 Å². The molecule has 3 aliphatic rings. The van der Waals surface area contributed by atoms with Crippen molar-refractivity contribution < 1.29 is 29.3 Å². The second kappa shape index (κ2) is 8.82. The van der Waals surface area contributed by atoms with Gasteiger partial charge in [0.25, 0.3) is 0 Å². The highest BCUT2D eigenvalue weighted by atomic mass is 35.5. The third-order valence-electron chi connectivity index (χ3n) is 5.23. The fourth-order valence-electron chi connectivity index (χ4n) is 3.73. The Morgan fingerprint density at radius 1 is 0.971 bits per heavy atom. The Labute approximate surface area is 219 Å². The molecular formula is C21H8Cl6O7. The van der Waals surface area contributed by atoms with Gasteiger partial charge in [0.1, 0.15) is 10.0 Å². The largest absolute Gasteiger partial charge is 0.505 e. The van der Waals surface area contributed by atoms with E-state index in [0.29, 0.717) is 0 Å². The van der Waals surface area contributed by atoms with Crippen LogP contribution in [0, 0.1) is 5.92 Å². The Morgan fingerprint density at radius 2 is 1.62 bits per heavy atom. The number of hydrogen-bond donors (Lipinski definition) is 3. The lowest BCUT2D eigenvalue weighted by Gasteiger charge is -2.26. The zero-order valence-corrected chi connectivity index (χ0v) is 20.7. The van der Waals surface area contributed by atoms with E-state index in [1.54, 1.807) is 0 Å². The van der Waals surface area contributed by atoms with Crippen molar-refractivity contribution in [2.45, 2.75) is 6.42 Å². The molecule has 0 spiro atoms. The highest BCUT2D eigenvalue weighted by Gasteiger charge is 2.38. The summed E-state index contributed by atoms with van der Waals surface area (Å²) in [7, 11) is 0. The van der Waals surface area contributed by atoms with Crippen molar-refractivity contribution in [1.29, 1.82) is 0 Å². The predicted octanol–water partition coefficient (Wildman–Crippen LogP) is 6.85. The predicted molar refractivity (Wildman–Crippen MR) is 130 cm³/mol. The van der Waals surface area contributed by atoms with Crippen LogP contribution in [0.4, 0.5) is 0 Å². The number of aromatic hydroxyl groups is 1. The molecule has 13 heteroatoms. The van der Waals surface area contributed by atoms with Crippen LogP contribution in [-0.2, 0) is 9.59 Å². The molecule has 176 valence electrons. The van der Waals surface area contributed by atoms with Gasteiger partial charge >= 0.3 is 11.9 Å². The molecule has 0 saturated carbocycles. The smallest absolute Gasteiger partial charge is 0.337 e. The van der Waals surface area contributed by atoms with Crippen LogP contribution in [0.5, 0.6) is 5.75 Å². The summed E-state index contributed by atoms with van der Waals surface area (Å²) < 4.78 is 5.73. The van der Waals surface area contributed by atoms with Crippen molar-refractivity contribution >= 4 is 98.1 Å². The number of benzene rings is 2. The van der Waals surface area contributed by atoms with Crippen LogP contribution < -0.4 is 5.43 Å². The maximum atomic E-state index is 12.4. The topological polar surface area (TPSA) is 125 Å². The van der Waals surface area contributed by atoms with Crippen LogP contribution >= 0.6 is 69.6 Å². The molecule has 1 heterocycles. The molecule has 1 unspecified atom stereocenters. The van der Waals surface area contributed by atoms with Gasteiger partial charge in [-0.15, -0.1) is 0 Å². The third-order valence-corrected chi connectivity index (χ3v) is 7.29. The highest BCUT2D eigenvalue weighted by molar-refractivity contribution is 6.43. The Kier molecular flexibility index (Phi) is 6.48. The van der Waals surface area contributed by atoms with E-state index in [-0.39, 0.29) is 60.0 Å². The standard InChI is InChI=1S/C21H8Cl6O7/c22-7-3-6(20(30)31)13(25)12(21(32)33)11(7)10-4-1-8(23)16(28)14(26)18(4)34-19-5(10)2-9(24)17(29)15(19)27/h1-2,6,28H,3H2,(H,30,31)(H,32,33). The van der Waals surface area contributed by atoms with Crippen LogP contribution in [0.15, 0.2) is 37.0 Å². The molecule has 34 heavy (non-hydrogen) atoms. The molecule has 4 rings (SSSR count). The van der Waals surface area contributed by atoms with Crippen LogP contribution in [-0.4, -0.2) is 27.3 Å². The molecule has 7 nitrogen and oxygen atoms in total. The molecule has 1 aromatic carbocycles. The molecule has 0 radical (unpaired) electrons. The first-order chi connectivity index (χ1) is 15.9. The van der Waals surface area contributed by atoms with Gasteiger partial charge in [0.05, 0.1) is 21.5 Å². The molecule has 0 fully saturated rings. The summed E-state index contributed by atoms with van der Waals surface area (Å²) in [6, 6.07) is 2.42. The van der Waals surface area contributed by atoms with Gasteiger partial charge in [0.2, 0.25) is 5.43 Å². The molecule has 0 saturated heterocycles. The van der Waals surface area contributed by atoms with Crippen molar-refractivity contribution in [3.63, 3.8) is 0 Å². The van der Waals surface area contributed by atoms with E-state index in [1.165, 1.54) is 12.1 Å². The molecule has 0 bridgehead atoms. The number of allylic oxidation sites excluding steroid dienone is 1. The number of hydrogen-bond acceptors (Lipinski definition) is 5. The van der Waals surface area contributed by atoms with E-state index < -0.39 is 44.7 Å². The Hall–Kier alpha value is -2.13. The Balaban J connectivity index is 2.29. The van der Waals surface area contributed by atoms with Crippen LogP contribution in [0.2, 0.25) is 20.1 Å². The molecule has 3 N–H and O–H groups in total. The average molecular weight is 585 g/mol. The van der Waals surface area contributed by atoms with Crippen LogP contribution in [0.25, 0.3) is 27.9 Å². The molecule has 1 atom stereocenters. The molecule has 1 aliphatic heterocycles. The second-order valence-corrected chi connectivity index (χ2v) is 9.59. The van der Waals surface area contributed by atoms with Crippen molar-refractivity contribution in [3.8, 4) is 17.1 Å². The molecular weight excluding hydrogens is 577 g/mol. The first-order valence-corrected chi connectivity index (χ1v) is 11.3. The maximum Gasteiger partial charge on any atom is 0.337 e. The number of carbonyl (C=O) groups is 2. The lowest BCUT2D eigenvalue weighted by Crippen LogP contribution is -2.23. The fourth-order valence-corrected chi connectivity index (χ4v) is 5.41. The Morgan fingerprint density at radius 3 is 2.21 bits per heavy atom. The second-order valence-electron chi connectivity index (χ2n) is 7.16. The van der Waals surface area contributed by atoms with E-state index in [4.69, 9.17) is 74.0 Å². The zero-order chi connectivity index (χ0) is 25.2. The summed E-state index contributed by atoms with van der Waals surface area (Å²) in [4.78, 5) is 36.3. The van der Waals surface area contributed by atoms with Gasteiger partial charge in [-0.05, 0) is 12.1 Å². The summed E-state index contributed by atoms with van der Waals surface area (Å²) >= 11 is 37.3. The van der Waals surface area contributed by atoms with Gasteiger partial charge < -0.3 is 19.7 Å². The quantitative estimate of drug-likeness (QED) is 0.287. The lowest BCUT2D eigenvalue weighted by atomic mass is 9.82. The van der Waals surface area contributed by atoms with Gasteiger partial charge in [0, 0.05) is 38.6 Å². The van der Waals surface area contributed by atoms with E-state index in [9.17, 15) is 29.7 Å². The summed E-state index contributed by atoms with van der Waals surface area (Å²) in [6.45, 7) is 0. The first kappa shape index (κ1) is 25.0. The Bertz CT molecular complexity index is 1540. The van der Waals surface area contributed by atoms with E-state index in [2.05, 4.69) is 0 Å². The number of phenolic OH excluding ortho intramolecular Hbond substituents is 1. The summed E-state index contributed by atoms with van der Waals surface area (Å²) in [5.74, 6) is -5.14. The van der Waals surface area contributed by atoms with Gasteiger partial charge in [-0.1, -0.05) is 69.6 Å². The first-order valence-electron chi connectivity index (χ1n) is 9.07. The van der Waals surface area contributed by atoms with Crippen LogP contribution in [0.3, 0.4) is 0 Å². The maximum absolute atomic E-state index is 12.4. The van der Waals surface area contributed by atoms with Crippen molar-refractivity contribution in [2.75, 3.05) is 0 Å². The van der Waals surface area contributed by atoms with E-state index in [0.717, 1.165) is 0 Å². The minimum atomic E-state index is -1.57. The minimum Gasteiger partial charge on any atom is -0.505 e. The highest BCUT2D eigenvalue weighted by Crippen LogP contribution is 2.52. The zero-order valence-electron chi connectivity index (χ0n) is 16.2. The number of rotatable bonds is 3. The molecule has 0 amide bonds.